The minimum atomic E-state index is -3.48. The standard InChI is InChI=1S/C26H30ClN5O4S/c27-23-7-3-2-6-22(23)25-29-24(36-30-25)18-31-16-12-19(13-17-31)26(33)28-20-8-10-21(11-9-20)37(34,35)32-14-4-1-5-15-32/h2-3,6-11,19H,1,4-5,12-18H2,(H,28,33). The average molecular weight is 544 g/mol. The molecule has 0 saturated carbocycles. The van der Waals surface area contributed by atoms with Crippen molar-refractivity contribution >= 4 is 33.2 Å². The summed E-state index contributed by atoms with van der Waals surface area (Å²) in [6.07, 6.45) is 4.27. The molecule has 37 heavy (non-hydrogen) atoms. The zero-order valence-electron chi connectivity index (χ0n) is 20.5. The molecule has 5 rings (SSSR count). The SMILES string of the molecule is O=C(Nc1ccc(S(=O)(=O)N2CCCCC2)cc1)C1CCN(Cc2nc(-c3ccccc3Cl)no2)CC1. The van der Waals surface area contributed by atoms with Gasteiger partial charge in [-0.25, -0.2) is 8.42 Å². The van der Waals surface area contributed by atoms with Gasteiger partial charge < -0.3 is 9.84 Å². The molecule has 9 nitrogen and oxygen atoms in total. The Kier molecular flexibility index (Phi) is 7.89. The Balaban J connectivity index is 1.11. The maximum Gasteiger partial charge on any atom is 0.243 e. The first kappa shape index (κ1) is 25.8. The Labute approximate surface area is 221 Å². The number of aromatic nitrogens is 2. The lowest BCUT2D eigenvalue weighted by Gasteiger charge is -2.30. The van der Waals surface area contributed by atoms with Crippen molar-refractivity contribution in [3.8, 4) is 11.4 Å². The molecule has 2 aromatic carbocycles. The Morgan fingerprint density at radius 2 is 1.70 bits per heavy atom. The third-order valence-electron chi connectivity index (χ3n) is 6.97. The maximum absolute atomic E-state index is 12.8. The Bertz CT molecular complexity index is 1330. The van der Waals surface area contributed by atoms with Crippen molar-refractivity contribution in [2.75, 3.05) is 31.5 Å². The van der Waals surface area contributed by atoms with Crippen molar-refractivity contribution in [2.24, 2.45) is 5.92 Å². The van der Waals surface area contributed by atoms with E-state index in [1.54, 1.807) is 34.6 Å². The lowest BCUT2D eigenvalue weighted by molar-refractivity contribution is -0.121. The van der Waals surface area contributed by atoms with Gasteiger partial charge in [0, 0.05) is 30.3 Å². The van der Waals surface area contributed by atoms with E-state index < -0.39 is 10.0 Å². The second-order valence-corrected chi connectivity index (χ2v) is 11.9. The van der Waals surface area contributed by atoms with Crippen LogP contribution in [0.3, 0.4) is 0 Å². The quantitative estimate of drug-likeness (QED) is 0.470. The van der Waals surface area contributed by atoms with E-state index >= 15 is 0 Å². The first-order valence-electron chi connectivity index (χ1n) is 12.6. The molecule has 0 radical (unpaired) electrons. The van der Waals surface area contributed by atoms with Gasteiger partial charge in [0.05, 0.1) is 16.5 Å². The maximum atomic E-state index is 12.8. The molecule has 0 spiro atoms. The summed E-state index contributed by atoms with van der Waals surface area (Å²) < 4.78 is 32.6. The van der Waals surface area contributed by atoms with Crippen molar-refractivity contribution in [1.82, 2.24) is 19.3 Å². The van der Waals surface area contributed by atoms with Crippen molar-refractivity contribution in [2.45, 2.75) is 43.5 Å². The van der Waals surface area contributed by atoms with Crippen LogP contribution in [0.5, 0.6) is 0 Å². The van der Waals surface area contributed by atoms with E-state index in [1.165, 1.54) is 0 Å². The predicted octanol–water partition coefficient (Wildman–Crippen LogP) is 4.42. The van der Waals surface area contributed by atoms with Crippen LogP contribution in [0.2, 0.25) is 5.02 Å². The molecule has 1 aromatic heterocycles. The van der Waals surface area contributed by atoms with E-state index in [2.05, 4.69) is 20.4 Å². The molecule has 1 amide bonds. The van der Waals surface area contributed by atoms with Gasteiger partial charge in [-0.3, -0.25) is 9.69 Å². The molecule has 1 N–H and O–H groups in total. The molecule has 3 heterocycles. The third-order valence-corrected chi connectivity index (χ3v) is 9.22. The van der Waals surface area contributed by atoms with Crippen molar-refractivity contribution in [3.05, 3.63) is 59.4 Å². The highest BCUT2D eigenvalue weighted by molar-refractivity contribution is 7.89. The summed E-state index contributed by atoms with van der Waals surface area (Å²) in [4.78, 5) is 19.8. The second-order valence-electron chi connectivity index (χ2n) is 9.52. The first-order chi connectivity index (χ1) is 17.9. The smallest absolute Gasteiger partial charge is 0.243 e. The molecule has 0 bridgehead atoms. The highest BCUT2D eigenvalue weighted by Crippen LogP contribution is 2.27. The lowest BCUT2D eigenvalue weighted by Crippen LogP contribution is -2.37. The summed E-state index contributed by atoms with van der Waals surface area (Å²) in [6, 6.07) is 13.8. The van der Waals surface area contributed by atoms with E-state index in [0.717, 1.165) is 37.9 Å². The number of nitrogens with zero attached hydrogens (tertiary/aromatic N) is 4. The highest BCUT2D eigenvalue weighted by Gasteiger charge is 2.28. The molecule has 11 heteroatoms. The fourth-order valence-corrected chi connectivity index (χ4v) is 6.56. The van der Waals surface area contributed by atoms with Crippen molar-refractivity contribution in [1.29, 1.82) is 0 Å². The van der Waals surface area contributed by atoms with E-state index in [4.69, 9.17) is 16.1 Å². The lowest BCUT2D eigenvalue weighted by atomic mass is 9.96. The summed E-state index contributed by atoms with van der Waals surface area (Å²) in [6.45, 7) is 3.10. The number of carbonyl (C=O) groups is 1. The van der Waals surface area contributed by atoms with Crippen LogP contribution in [-0.2, 0) is 21.4 Å². The van der Waals surface area contributed by atoms with Crippen molar-refractivity contribution in [3.63, 3.8) is 0 Å². The Morgan fingerprint density at radius 3 is 2.41 bits per heavy atom. The van der Waals surface area contributed by atoms with Gasteiger partial charge in [-0.15, -0.1) is 0 Å². The predicted molar refractivity (Wildman–Crippen MR) is 140 cm³/mol. The number of anilines is 1. The number of hydrogen-bond acceptors (Lipinski definition) is 7. The minimum absolute atomic E-state index is 0.0508. The van der Waals surface area contributed by atoms with Gasteiger partial charge in [0.1, 0.15) is 0 Å². The molecule has 3 aromatic rings. The number of carbonyl (C=O) groups excluding carboxylic acids is 1. The van der Waals surface area contributed by atoms with Gasteiger partial charge in [0.2, 0.25) is 27.6 Å². The molecule has 2 aliphatic rings. The fraction of sp³-hybridized carbons (Fsp3) is 0.423. The Hall–Kier alpha value is -2.79. The fourth-order valence-electron chi connectivity index (χ4n) is 4.82. The van der Waals surface area contributed by atoms with Gasteiger partial charge >= 0.3 is 0 Å². The van der Waals surface area contributed by atoms with Crippen LogP contribution in [0.1, 0.15) is 38.0 Å². The zero-order valence-corrected chi connectivity index (χ0v) is 22.0. The molecule has 196 valence electrons. The number of piperidine rings is 2. The number of hydrogen-bond donors (Lipinski definition) is 1. The van der Waals surface area contributed by atoms with Gasteiger partial charge in [-0.05, 0) is 75.2 Å². The number of nitrogens with one attached hydrogen (secondary N) is 1. The number of amides is 1. The summed E-state index contributed by atoms with van der Waals surface area (Å²) in [5.74, 6) is 0.807. The molecule has 2 saturated heterocycles. The molecule has 2 aliphatic heterocycles. The van der Waals surface area contributed by atoms with Gasteiger partial charge in [-0.2, -0.15) is 9.29 Å². The number of sulfonamides is 1. The van der Waals surface area contributed by atoms with E-state index in [1.807, 2.05) is 18.2 Å². The molecule has 0 unspecified atom stereocenters. The number of rotatable bonds is 7. The number of halogens is 1. The van der Waals surface area contributed by atoms with Crippen LogP contribution in [0.15, 0.2) is 57.9 Å². The van der Waals surface area contributed by atoms with Crippen LogP contribution >= 0.6 is 11.6 Å². The molecule has 0 atom stereocenters. The summed E-state index contributed by atoms with van der Waals surface area (Å²) >= 11 is 6.22. The van der Waals surface area contributed by atoms with Crippen LogP contribution in [-0.4, -0.2) is 59.8 Å². The summed E-state index contributed by atoms with van der Waals surface area (Å²) in [5, 5.41) is 7.56. The molecular weight excluding hydrogens is 514 g/mol. The third kappa shape index (κ3) is 6.04. The van der Waals surface area contributed by atoms with Crippen LogP contribution in [0, 0.1) is 5.92 Å². The largest absolute Gasteiger partial charge is 0.338 e. The van der Waals surface area contributed by atoms with E-state index in [-0.39, 0.29) is 16.7 Å². The van der Waals surface area contributed by atoms with Crippen LogP contribution < -0.4 is 5.32 Å². The summed E-state index contributed by atoms with van der Waals surface area (Å²) in [7, 11) is -3.48. The number of likely N-dealkylation sites (tertiary alicyclic amines) is 1. The molecule has 2 fully saturated rings. The normalized spacial score (nSPS) is 18.1. The molecule has 0 aliphatic carbocycles. The van der Waals surface area contributed by atoms with Crippen LogP contribution in [0.25, 0.3) is 11.4 Å². The first-order valence-corrected chi connectivity index (χ1v) is 14.4. The minimum Gasteiger partial charge on any atom is -0.338 e. The van der Waals surface area contributed by atoms with Gasteiger partial charge in [0.25, 0.3) is 0 Å². The van der Waals surface area contributed by atoms with Gasteiger partial charge in [-0.1, -0.05) is 35.3 Å². The van der Waals surface area contributed by atoms with Crippen LogP contribution in [0.4, 0.5) is 5.69 Å². The van der Waals surface area contributed by atoms with Crippen molar-refractivity contribution < 1.29 is 17.7 Å². The highest BCUT2D eigenvalue weighted by atomic mass is 35.5. The average Bonchev–Trinajstić information content (AvgIpc) is 3.38. The topological polar surface area (TPSA) is 109 Å². The van der Waals surface area contributed by atoms with E-state index in [0.29, 0.717) is 54.9 Å². The summed E-state index contributed by atoms with van der Waals surface area (Å²) in [5.41, 5.74) is 1.33. The van der Waals surface area contributed by atoms with Gasteiger partial charge in [0.15, 0.2) is 0 Å². The second kappa shape index (κ2) is 11.3. The molecular formula is C26H30ClN5O4S. The zero-order chi connectivity index (χ0) is 25.8. The van der Waals surface area contributed by atoms with E-state index in [9.17, 15) is 13.2 Å². The Morgan fingerprint density at radius 1 is 1.00 bits per heavy atom. The monoisotopic (exact) mass is 543 g/mol. The number of benzene rings is 2.